The number of hydrogen-bond acceptors (Lipinski definition) is 3. The normalized spacial score (nSPS) is 30.6. The quantitative estimate of drug-likeness (QED) is 0.693. The van der Waals surface area contributed by atoms with Crippen LogP contribution in [0.15, 0.2) is 0 Å². The summed E-state index contributed by atoms with van der Waals surface area (Å²) in [6, 6.07) is 0.975. The minimum Gasteiger partial charge on any atom is -0.396 e. The molecule has 0 spiro atoms. The lowest BCUT2D eigenvalue weighted by atomic mass is 9.99. The highest BCUT2D eigenvalue weighted by Crippen LogP contribution is 2.18. The minimum absolute atomic E-state index is 0.240. The smallest absolute Gasteiger partial charge is 0.0446 e. The van der Waals surface area contributed by atoms with Gasteiger partial charge < -0.3 is 10.4 Å². The Morgan fingerprint density at radius 1 is 1.36 bits per heavy atom. The Morgan fingerprint density at radius 2 is 2.00 bits per heavy atom. The van der Waals surface area contributed by atoms with E-state index in [0.717, 1.165) is 19.5 Å². The zero-order valence-corrected chi connectivity index (χ0v) is 9.88. The van der Waals surface area contributed by atoms with Gasteiger partial charge in [0.2, 0.25) is 0 Å². The van der Waals surface area contributed by atoms with Gasteiger partial charge >= 0.3 is 0 Å². The van der Waals surface area contributed by atoms with Crippen molar-refractivity contribution in [3.8, 4) is 0 Å². The van der Waals surface area contributed by atoms with Crippen molar-refractivity contribution >= 4 is 0 Å². The maximum absolute atomic E-state index is 8.94. The lowest BCUT2D eigenvalue weighted by Gasteiger charge is -2.44. The largest absolute Gasteiger partial charge is 0.396 e. The zero-order valence-electron chi connectivity index (χ0n) is 9.88. The predicted octanol–water partition coefficient (Wildman–Crippen LogP) is 0.830. The molecule has 0 saturated carbocycles. The Balaban J connectivity index is 2.54. The summed E-state index contributed by atoms with van der Waals surface area (Å²) < 4.78 is 0. The zero-order chi connectivity index (χ0) is 10.8. The van der Waals surface area contributed by atoms with Gasteiger partial charge in [-0.3, -0.25) is 4.90 Å². The van der Waals surface area contributed by atoms with E-state index in [4.69, 9.17) is 5.11 Å². The fraction of sp³-hybridized carbons (Fsp3) is 1.00. The van der Waals surface area contributed by atoms with E-state index in [1.54, 1.807) is 0 Å². The summed E-state index contributed by atoms with van der Waals surface area (Å²) >= 11 is 0. The van der Waals surface area contributed by atoms with Crippen molar-refractivity contribution in [2.75, 3.05) is 19.7 Å². The lowest BCUT2D eigenvalue weighted by molar-refractivity contribution is 0.0679. The van der Waals surface area contributed by atoms with Crippen LogP contribution in [0.4, 0.5) is 0 Å². The summed E-state index contributed by atoms with van der Waals surface area (Å²) in [5.41, 5.74) is 0.240. The number of hydrogen-bond donors (Lipinski definition) is 2. The Labute approximate surface area is 87.5 Å². The van der Waals surface area contributed by atoms with Crippen LogP contribution in [-0.2, 0) is 0 Å². The summed E-state index contributed by atoms with van der Waals surface area (Å²) in [7, 11) is 0. The van der Waals surface area contributed by atoms with Crippen molar-refractivity contribution in [2.24, 2.45) is 0 Å². The van der Waals surface area contributed by atoms with E-state index < -0.39 is 0 Å². The lowest BCUT2D eigenvalue weighted by Crippen LogP contribution is -2.60. The molecule has 1 heterocycles. The average Bonchev–Trinajstić information content (AvgIpc) is 2.02. The van der Waals surface area contributed by atoms with Crippen LogP contribution < -0.4 is 5.32 Å². The fourth-order valence-electron chi connectivity index (χ4n) is 2.06. The molecule has 2 unspecified atom stereocenters. The monoisotopic (exact) mass is 200 g/mol. The summed E-state index contributed by atoms with van der Waals surface area (Å²) in [6.45, 7) is 11.4. The van der Waals surface area contributed by atoms with Gasteiger partial charge in [0, 0.05) is 37.3 Å². The Bertz CT molecular complexity index is 177. The second-order valence-corrected chi connectivity index (χ2v) is 5.35. The van der Waals surface area contributed by atoms with E-state index in [1.165, 1.54) is 0 Å². The summed E-state index contributed by atoms with van der Waals surface area (Å²) in [5.74, 6) is 0. The van der Waals surface area contributed by atoms with Crippen LogP contribution in [0.1, 0.15) is 34.1 Å². The molecule has 3 nitrogen and oxygen atoms in total. The topological polar surface area (TPSA) is 35.5 Å². The molecular formula is C11H24N2O. The van der Waals surface area contributed by atoms with E-state index in [1.807, 2.05) is 0 Å². The van der Waals surface area contributed by atoms with Crippen LogP contribution in [0.25, 0.3) is 0 Å². The predicted molar refractivity (Wildman–Crippen MR) is 59.4 cm³/mol. The second-order valence-electron chi connectivity index (χ2n) is 5.35. The third kappa shape index (κ3) is 3.23. The molecule has 14 heavy (non-hydrogen) atoms. The number of aliphatic hydroxyl groups excluding tert-OH is 1. The number of nitrogens with one attached hydrogen (secondary N) is 1. The molecule has 0 aromatic heterocycles. The molecule has 2 atom stereocenters. The summed E-state index contributed by atoms with van der Waals surface area (Å²) in [4.78, 5) is 2.49. The first kappa shape index (κ1) is 12.0. The van der Waals surface area contributed by atoms with Gasteiger partial charge in [0.05, 0.1) is 0 Å². The first-order valence-corrected chi connectivity index (χ1v) is 5.55. The van der Waals surface area contributed by atoms with E-state index in [-0.39, 0.29) is 12.1 Å². The molecule has 0 aliphatic carbocycles. The van der Waals surface area contributed by atoms with Crippen molar-refractivity contribution in [1.82, 2.24) is 10.2 Å². The van der Waals surface area contributed by atoms with Gasteiger partial charge in [-0.25, -0.2) is 0 Å². The molecule has 1 aliphatic heterocycles. The van der Waals surface area contributed by atoms with E-state index in [0.29, 0.717) is 12.1 Å². The highest BCUT2D eigenvalue weighted by Gasteiger charge is 2.30. The Kier molecular flexibility index (Phi) is 3.93. The highest BCUT2D eigenvalue weighted by atomic mass is 16.3. The number of rotatable bonds is 2. The van der Waals surface area contributed by atoms with Gasteiger partial charge in [-0.05, 0) is 34.1 Å². The minimum atomic E-state index is 0.240. The number of nitrogens with zero attached hydrogens (tertiary/aromatic N) is 1. The number of aliphatic hydroxyl groups is 1. The van der Waals surface area contributed by atoms with Crippen molar-refractivity contribution < 1.29 is 5.11 Å². The van der Waals surface area contributed by atoms with Crippen LogP contribution in [0.5, 0.6) is 0 Å². The SMILES string of the molecule is CC1CN(C(C)(C)C)CC(CCO)N1. The van der Waals surface area contributed by atoms with Crippen LogP contribution >= 0.6 is 0 Å². The molecule has 0 bridgehead atoms. The molecule has 0 amide bonds. The van der Waals surface area contributed by atoms with Crippen LogP contribution in [0.3, 0.4) is 0 Å². The Hall–Kier alpha value is -0.120. The van der Waals surface area contributed by atoms with Gasteiger partial charge in [0.15, 0.2) is 0 Å². The molecule has 1 aliphatic rings. The standard InChI is InChI=1S/C11H24N2O/c1-9-7-13(11(2,3)4)8-10(12-9)5-6-14/h9-10,12,14H,5-8H2,1-4H3. The Morgan fingerprint density at radius 3 is 2.50 bits per heavy atom. The first-order chi connectivity index (χ1) is 6.43. The molecule has 0 aromatic rings. The summed E-state index contributed by atoms with van der Waals surface area (Å²) in [6.07, 6.45) is 0.858. The maximum Gasteiger partial charge on any atom is 0.0446 e. The summed E-state index contributed by atoms with van der Waals surface area (Å²) in [5, 5.41) is 12.5. The van der Waals surface area contributed by atoms with Crippen LogP contribution in [-0.4, -0.2) is 47.3 Å². The first-order valence-electron chi connectivity index (χ1n) is 5.55. The van der Waals surface area contributed by atoms with Crippen molar-refractivity contribution in [3.63, 3.8) is 0 Å². The molecular weight excluding hydrogens is 176 g/mol. The van der Waals surface area contributed by atoms with Gasteiger partial charge in [-0.1, -0.05) is 0 Å². The molecule has 1 fully saturated rings. The molecule has 84 valence electrons. The molecule has 1 saturated heterocycles. The van der Waals surface area contributed by atoms with E-state index in [9.17, 15) is 0 Å². The van der Waals surface area contributed by atoms with Crippen LogP contribution in [0, 0.1) is 0 Å². The van der Waals surface area contributed by atoms with E-state index >= 15 is 0 Å². The maximum atomic E-state index is 8.94. The molecule has 1 rings (SSSR count). The van der Waals surface area contributed by atoms with Gasteiger partial charge in [0.25, 0.3) is 0 Å². The van der Waals surface area contributed by atoms with Crippen molar-refractivity contribution in [1.29, 1.82) is 0 Å². The van der Waals surface area contributed by atoms with Gasteiger partial charge in [0.1, 0.15) is 0 Å². The second kappa shape index (κ2) is 4.60. The highest BCUT2D eigenvalue weighted by molar-refractivity contribution is 4.89. The van der Waals surface area contributed by atoms with E-state index in [2.05, 4.69) is 37.9 Å². The fourth-order valence-corrected chi connectivity index (χ4v) is 2.06. The van der Waals surface area contributed by atoms with Crippen LogP contribution in [0.2, 0.25) is 0 Å². The number of piperazine rings is 1. The molecule has 2 N–H and O–H groups in total. The molecule has 3 heteroatoms. The third-order valence-electron chi connectivity index (χ3n) is 2.88. The third-order valence-corrected chi connectivity index (χ3v) is 2.88. The van der Waals surface area contributed by atoms with Gasteiger partial charge in [-0.2, -0.15) is 0 Å². The van der Waals surface area contributed by atoms with Crippen molar-refractivity contribution in [2.45, 2.75) is 51.7 Å². The molecule has 0 radical (unpaired) electrons. The average molecular weight is 200 g/mol. The van der Waals surface area contributed by atoms with Crippen molar-refractivity contribution in [3.05, 3.63) is 0 Å². The molecule has 0 aromatic carbocycles. The van der Waals surface area contributed by atoms with Gasteiger partial charge in [-0.15, -0.1) is 0 Å².